The number of nitrogen functional groups attached to an aromatic ring is 1. The molecule has 0 unspecified atom stereocenters. The highest BCUT2D eigenvalue weighted by Gasteiger charge is 2.09. The largest absolute Gasteiger partial charge is 0.491 e. The Balaban J connectivity index is 1.97. The van der Waals surface area contributed by atoms with Gasteiger partial charge in [0.1, 0.15) is 12.4 Å². The second-order valence-electron chi connectivity index (χ2n) is 5.01. The van der Waals surface area contributed by atoms with Crippen LogP contribution in [-0.2, 0) is 13.0 Å². The Bertz CT molecular complexity index is 577. The molecule has 0 aliphatic heterocycles. The summed E-state index contributed by atoms with van der Waals surface area (Å²) in [4.78, 5) is 0. The molecule has 0 aliphatic carbocycles. The third-order valence-electron chi connectivity index (χ3n) is 3.26. The molecule has 1 aromatic carbocycles. The Labute approximate surface area is 119 Å². The van der Waals surface area contributed by atoms with Crippen LogP contribution in [0.2, 0.25) is 0 Å². The molecule has 5 nitrogen and oxygen atoms in total. The zero-order chi connectivity index (χ0) is 14.5. The smallest absolute Gasteiger partial charge is 0.169 e. The molecule has 2 N–H and O–H groups in total. The number of nitrogens with two attached hydrogens (primary N) is 1. The minimum atomic E-state index is 0.526. The van der Waals surface area contributed by atoms with Gasteiger partial charge in [0.25, 0.3) is 0 Å². The number of aromatic nitrogens is 3. The zero-order valence-electron chi connectivity index (χ0n) is 12.4. The predicted octanol–water partition coefficient (Wildman–Crippen LogP) is 2.51. The fourth-order valence-corrected chi connectivity index (χ4v) is 2.12. The molecule has 0 bridgehead atoms. The van der Waals surface area contributed by atoms with Crippen molar-refractivity contribution in [3.8, 4) is 5.75 Å². The maximum Gasteiger partial charge on any atom is 0.169 e. The number of hydrogen-bond donors (Lipinski definition) is 1. The molecule has 0 saturated heterocycles. The SMILES string of the molecule is CCCc1c(N)nnn1CCOc1cc(C)ccc1C. The summed E-state index contributed by atoms with van der Waals surface area (Å²) in [5.74, 6) is 1.45. The van der Waals surface area contributed by atoms with Crippen molar-refractivity contribution in [3.63, 3.8) is 0 Å². The molecule has 20 heavy (non-hydrogen) atoms. The second-order valence-corrected chi connectivity index (χ2v) is 5.01. The first-order valence-electron chi connectivity index (χ1n) is 6.99. The van der Waals surface area contributed by atoms with Crippen LogP contribution in [0.3, 0.4) is 0 Å². The molecule has 2 rings (SSSR count). The van der Waals surface area contributed by atoms with Crippen LogP contribution >= 0.6 is 0 Å². The highest BCUT2D eigenvalue weighted by molar-refractivity contribution is 5.36. The first-order valence-corrected chi connectivity index (χ1v) is 6.99. The van der Waals surface area contributed by atoms with Crippen molar-refractivity contribution in [2.45, 2.75) is 40.2 Å². The number of aryl methyl sites for hydroxylation is 2. The van der Waals surface area contributed by atoms with Gasteiger partial charge in [0.2, 0.25) is 0 Å². The number of rotatable bonds is 6. The van der Waals surface area contributed by atoms with Crippen molar-refractivity contribution in [1.82, 2.24) is 15.0 Å². The van der Waals surface area contributed by atoms with Gasteiger partial charge in [-0.2, -0.15) is 0 Å². The normalized spacial score (nSPS) is 10.8. The van der Waals surface area contributed by atoms with Gasteiger partial charge in [-0.1, -0.05) is 30.7 Å². The minimum Gasteiger partial charge on any atom is -0.491 e. The molecular formula is C15H22N4O. The summed E-state index contributed by atoms with van der Waals surface area (Å²) >= 11 is 0. The molecule has 0 fully saturated rings. The number of benzene rings is 1. The van der Waals surface area contributed by atoms with Gasteiger partial charge in [-0.25, -0.2) is 4.68 Å². The monoisotopic (exact) mass is 274 g/mol. The molecule has 0 spiro atoms. The van der Waals surface area contributed by atoms with E-state index < -0.39 is 0 Å². The van der Waals surface area contributed by atoms with E-state index >= 15 is 0 Å². The summed E-state index contributed by atoms with van der Waals surface area (Å²) in [6.45, 7) is 7.44. The summed E-state index contributed by atoms with van der Waals surface area (Å²) in [6, 6.07) is 6.21. The van der Waals surface area contributed by atoms with Gasteiger partial charge in [-0.05, 0) is 37.5 Å². The Hall–Kier alpha value is -2.04. The lowest BCUT2D eigenvalue weighted by atomic mass is 10.1. The van der Waals surface area contributed by atoms with Crippen LogP contribution in [0.4, 0.5) is 5.82 Å². The van der Waals surface area contributed by atoms with Crippen molar-refractivity contribution in [3.05, 3.63) is 35.0 Å². The summed E-state index contributed by atoms with van der Waals surface area (Å²) in [5.41, 5.74) is 9.15. The average Bonchev–Trinajstić information content (AvgIpc) is 2.76. The van der Waals surface area contributed by atoms with Crippen molar-refractivity contribution in [2.24, 2.45) is 0 Å². The van der Waals surface area contributed by atoms with Crippen molar-refractivity contribution >= 4 is 5.82 Å². The molecule has 5 heteroatoms. The van der Waals surface area contributed by atoms with Gasteiger partial charge >= 0.3 is 0 Å². The van der Waals surface area contributed by atoms with Crippen molar-refractivity contribution in [1.29, 1.82) is 0 Å². The van der Waals surface area contributed by atoms with Crippen molar-refractivity contribution < 1.29 is 4.74 Å². The Kier molecular flexibility index (Phi) is 4.61. The molecule has 1 aromatic heterocycles. The topological polar surface area (TPSA) is 66.0 Å². The van der Waals surface area contributed by atoms with E-state index in [1.165, 1.54) is 5.56 Å². The van der Waals surface area contributed by atoms with Gasteiger partial charge in [0, 0.05) is 0 Å². The van der Waals surface area contributed by atoms with Crippen LogP contribution in [0, 0.1) is 13.8 Å². The maximum atomic E-state index is 5.83. The summed E-state index contributed by atoms with van der Waals surface area (Å²) < 4.78 is 7.67. The van der Waals surface area contributed by atoms with E-state index in [0.29, 0.717) is 19.0 Å². The van der Waals surface area contributed by atoms with Gasteiger partial charge in [0.15, 0.2) is 5.82 Å². The molecule has 0 atom stereocenters. The molecule has 1 heterocycles. The lowest BCUT2D eigenvalue weighted by molar-refractivity contribution is 0.285. The molecule has 2 aromatic rings. The molecular weight excluding hydrogens is 252 g/mol. The molecule has 0 radical (unpaired) electrons. The number of ether oxygens (including phenoxy) is 1. The first-order chi connectivity index (χ1) is 9.61. The van der Waals surface area contributed by atoms with Crippen LogP contribution in [0.25, 0.3) is 0 Å². The molecule has 0 aliphatic rings. The molecule has 0 amide bonds. The number of anilines is 1. The summed E-state index contributed by atoms with van der Waals surface area (Å²) in [5, 5.41) is 7.99. The standard InChI is InChI=1S/C15H22N4O/c1-4-5-13-15(16)17-18-19(13)8-9-20-14-10-11(2)6-7-12(14)3/h6-7,10H,4-5,8-9,16H2,1-3H3. The number of nitrogens with zero attached hydrogens (tertiary/aromatic N) is 3. The summed E-state index contributed by atoms with van der Waals surface area (Å²) in [6.07, 6.45) is 1.91. The minimum absolute atomic E-state index is 0.526. The van der Waals surface area contributed by atoms with Gasteiger partial charge in [0.05, 0.1) is 12.2 Å². The quantitative estimate of drug-likeness (QED) is 0.879. The van der Waals surface area contributed by atoms with E-state index in [1.54, 1.807) is 0 Å². The van der Waals surface area contributed by atoms with Gasteiger partial charge in [-0.15, -0.1) is 5.10 Å². The highest BCUT2D eigenvalue weighted by atomic mass is 16.5. The predicted molar refractivity (Wildman–Crippen MR) is 79.8 cm³/mol. The highest BCUT2D eigenvalue weighted by Crippen LogP contribution is 2.19. The Morgan fingerprint density at radius 2 is 2.10 bits per heavy atom. The lowest BCUT2D eigenvalue weighted by Gasteiger charge is -2.11. The summed E-state index contributed by atoms with van der Waals surface area (Å²) in [7, 11) is 0. The Morgan fingerprint density at radius 1 is 1.30 bits per heavy atom. The average molecular weight is 274 g/mol. The van der Waals surface area contributed by atoms with Gasteiger partial charge in [-0.3, -0.25) is 0 Å². The second kappa shape index (κ2) is 6.41. The van der Waals surface area contributed by atoms with E-state index in [9.17, 15) is 0 Å². The van der Waals surface area contributed by atoms with E-state index in [4.69, 9.17) is 10.5 Å². The van der Waals surface area contributed by atoms with Crippen LogP contribution in [0.15, 0.2) is 18.2 Å². The molecule has 108 valence electrons. The third kappa shape index (κ3) is 3.29. The van der Waals surface area contributed by atoms with Gasteiger partial charge < -0.3 is 10.5 Å². The van der Waals surface area contributed by atoms with Crippen molar-refractivity contribution in [2.75, 3.05) is 12.3 Å². The lowest BCUT2D eigenvalue weighted by Crippen LogP contribution is -2.13. The zero-order valence-corrected chi connectivity index (χ0v) is 12.4. The van der Waals surface area contributed by atoms with Crippen LogP contribution in [-0.4, -0.2) is 21.6 Å². The van der Waals surface area contributed by atoms with E-state index in [1.807, 2.05) is 11.6 Å². The fraction of sp³-hybridized carbons (Fsp3) is 0.467. The first kappa shape index (κ1) is 14.4. The fourth-order valence-electron chi connectivity index (χ4n) is 2.12. The maximum absolute atomic E-state index is 5.83. The Morgan fingerprint density at radius 3 is 2.85 bits per heavy atom. The number of hydrogen-bond acceptors (Lipinski definition) is 4. The van der Waals surface area contributed by atoms with Crippen LogP contribution in [0.1, 0.15) is 30.2 Å². The molecule has 0 saturated carbocycles. The van der Waals surface area contributed by atoms with Crippen LogP contribution < -0.4 is 10.5 Å². The van der Waals surface area contributed by atoms with E-state index in [2.05, 4.69) is 42.4 Å². The third-order valence-corrected chi connectivity index (χ3v) is 3.26. The van der Waals surface area contributed by atoms with Crippen LogP contribution in [0.5, 0.6) is 5.75 Å². The van der Waals surface area contributed by atoms with E-state index in [-0.39, 0.29) is 0 Å². The van der Waals surface area contributed by atoms with E-state index in [0.717, 1.165) is 29.8 Å².